The Hall–Kier alpha value is -2.18. The van der Waals surface area contributed by atoms with Crippen LogP contribution in [0.4, 0.5) is 5.69 Å². The van der Waals surface area contributed by atoms with E-state index >= 15 is 0 Å². The predicted molar refractivity (Wildman–Crippen MR) is 86.0 cm³/mol. The zero-order valence-electron chi connectivity index (χ0n) is 12.0. The van der Waals surface area contributed by atoms with Gasteiger partial charge in [0.1, 0.15) is 5.75 Å². The van der Waals surface area contributed by atoms with E-state index in [-0.39, 0.29) is 6.42 Å². The zero-order valence-corrected chi connectivity index (χ0v) is 12.8. The summed E-state index contributed by atoms with van der Waals surface area (Å²) in [5, 5.41) is 19.9. The Balaban J connectivity index is 2.24. The standard InChI is InChI=1S/C16H17NO4S/c1-21-12-8-6-11(7-9-12)10-16(20,15(18)19)22-14-5-3-2-4-13(14)17/h2-9,20H,10,17H2,1H3,(H,18,19). The van der Waals surface area contributed by atoms with Crippen LogP contribution in [-0.4, -0.2) is 28.2 Å². The number of nitrogen functional groups attached to an aromatic ring is 1. The summed E-state index contributed by atoms with van der Waals surface area (Å²) in [4.78, 5) is 10.1. The van der Waals surface area contributed by atoms with Crippen LogP contribution in [0.25, 0.3) is 0 Å². The number of methoxy groups -OCH3 is 1. The molecule has 5 nitrogen and oxygen atoms in total. The summed E-state index contributed by atoms with van der Waals surface area (Å²) in [6.45, 7) is 0. The first-order valence-corrected chi connectivity index (χ1v) is 7.38. The van der Waals surface area contributed by atoms with Crippen LogP contribution >= 0.6 is 11.8 Å². The lowest BCUT2D eigenvalue weighted by Crippen LogP contribution is -2.37. The molecule has 116 valence electrons. The number of anilines is 1. The summed E-state index contributed by atoms with van der Waals surface area (Å²) in [7, 11) is 1.55. The third-order valence-electron chi connectivity index (χ3n) is 3.13. The van der Waals surface area contributed by atoms with Gasteiger partial charge in [-0.05, 0) is 29.8 Å². The first kappa shape index (κ1) is 16.2. The molecular weight excluding hydrogens is 302 g/mol. The Morgan fingerprint density at radius 3 is 2.41 bits per heavy atom. The molecule has 0 aromatic heterocycles. The highest BCUT2D eigenvalue weighted by Gasteiger charge is 2.38. The second-order valence-electron chi connectivity index (χ2n) is 4.75. The number of para-hydroxylation sites is 1. The maximum absolute atomic E-state index is 11.5. The van der Waals surface area contributed by atoms with Gasteiger partial charge in [0.15, 0.2) is 0 Å². The van der Waals surface area contributed by atoms with Gasteiger partial charge in [-0.15, -0.1) is 0 Å². The molecule has 0 saturated heterocycles. The smallest absolute Gasteiger partial charge is 0.347 e. The highest BCUT2D eigenvalue weighted by molar-refractivity contribution is 8.01. The Labute approximate surface area is 132 Å². The van der Waals surface area contributed by atoms with Crippen molar-refractivity contribution in [1.29, 1.82) is 0 Å². The molecule has 0 bridgehead atoms. The summed E-state index contributed by atoms with van der Waals surface area (Å²) in [5.74, 6) is -0.640. The van der Waals surface area contributed by atoms with Gasteiger partial charge in [-0.3, -0.25) is 0 Å². The first-order chi connectivity index (χ1) is 10.4. The van der Waals surface area contributed by atoms with Crippen LogP contribution in [0.3, 0.4) is 0 Å². The molecule has 1 unspecified atom stereocenters. The number of ether oxygens (including phenoxy) is 1. The Kier molecular flexibility index (Phi) is 4.95. The minimum atomic E-state index is -2.00. The third kappa shape index (κ3) is 3.72. The van der Waals surface area contributed by atoms with Crippen molar-refractivity contribution in [3.63, 3.8) is 0 Å². The van der Waals surface area contributed by atoms with Crippen LogP contribution in [0.5, 0.6) is 5.75 Å². The predicted octanol–water partition coefficient (Wildman–Crippen LogP) is 2.39. The van der Waals surface area contributed by atoms with Crippen molar-refractivity contribution in [2.75, 3.05) is 12.8 Å². The number of carboxylic acid groups (broad SMARTS) is 1. The van der Waals surface area contributed by atoms with Gasteiger partial charge in [0, 0.05) is 17.0 Å². The van der Waals surface area contributed by atoms with Gasteiger partial charge < -0.3 is 20.7 Å². The molecule has 2 aromatic carbocycles. The summed E-state index contributed by atoms with van der Waals surface area (Å²) in [6.07, 6.45) is -0.0503. The van der Waals surface area contributed by atoms with Crippen LogP contribution in [-0.2, 0) is 11.2 Å². The van der Waals surface area contributed by atoms with Gasteiger partial charge in [0.2, 0.25) is 4.93 Å². The van der Waals surface area contributed by atoms with Crippen molar-refractivity contribution in [2.45, 2.75) is 16.2 Å². The third-order valence-corrected chi connectivity index (χ3v) is 4.38. The number of carbonyl (C=O) groups is 1. The molecule has 0 fully saturated rings. The SMILES string of the molecule is COc1ccc(CC(O)(Sc2ccccc2N)C(=O)O)cc1. The molecule has 4 N–H and O–H groups in total. The lowest BCUT2D eigenvalue weighted by molar-refractivity contribution is -0.149. The second kappa shape index (κ2) is 6.72. The van der Waals surface area contributed by atoms with Crippen LogP contribution < -0.4 is 10.5 Å². The van der Waals surface area contributed by atoms with E-state index in [4.69, 9.17) is 10.5 Å². The number of thioether (sulfide) groups is 1. The Bertz CT molecular complexity index is 659. The highest BCUT2D eigenvalue weighted by atomic mass is 32.2. The topological polar surface area (TPSA) is 92.8 Å². The Morgan fingerprint density at radius 1 is 1.23 bits per heavy atom. The molecule has 0 aliphatic rings. The van der Waals surface area contributed by atoms with E-state index in [1.807, 2.05) is 0 Å². The van der Waals surface area contributed by atoms with Gasteiger partial charge in [0.25, 0.3) is 0 Å². The van der Waals surface area contributed by atoms with E-state index in [9.17, 15) is 15.0 Å². The van der Waals surface area contributed by atoms with E-state index in [2.05, 4.69) is 0 Å². The molecule has 0 aliphatic heterocycles. The number of rotatable bonds is 6. The van der Waals surface area contributed by atoms with Crippen molar-refractivity contribution >= 4 is 23.4 Å². The molecule has 2 rings (SSSR count). The summed E-state index contributed by atoms with van der Waals surface area (Å²) < 4.78 is 5.06. The van der Waals surface area contributed by atoms with Crippen LogP contribution in [0.2, 0.25) is 0 Å². The normalized spacial score (nSPS) is 13.4. The number of hydrogen-bond acceptors (Lipinski definition) is 5. The molecule has 1 atom stereocenters. The molecule has 22 heavy (non-hydrogen) atoms. The molecule has 0 aliphatic carbocycles. The van der Waals surface area contributed by atoms with E-state index in [0.29, 0.717) is 21.9 Å². The molecule has 0 saturated carbocycles. The lowest BCUT2D eigenvalue weighted by Gasteiger charge is -2.23. The number of aliphatic carboxylic acids is 1. The van der Waals surface area contributed by atoms with Gasteiger partial charge in [-0.2, -0.15) is 0 Å². The van der Waals surface area contributed by atoms with Crippen molar-refractivity contribution in [3.8, 4) is 5.75 Å². The van der Waals surface area contributed by atoms with Crippen LogP contribution in [0.15, 0.2) is 53.4 Å². The zero-order chi connectivity index (χ0) is 16.2. The van der Waals surface area contributed by atoms with E-state index < -0.39 is 10.9 Å². The average Bonchev–Trinajstić information content (AvgIpc) is 2.50. The van der Waals surface area contributed by atoms with Crippen molar-refractivity contribution in [1.82, 2.24) is 0 Å². The molecule has 6 heteroatoms. The number of benzene rings is 2. The monoisotopic (exact) mass is 319 g/mol. The molecule has 0 heterocycles. The molecule has 2 aromatic rings. The average molecular weight is 319 g/mol. The molecule has 0 radical (unpaired) electrons. The van der Waals surface area contributed by atoms with Gasteiger partial charge in [0.05, 0.1) is 7.11 Å². The van der Waals surface area contributed by atoms with E-state index in [1.165, 1.54) is 0 Å². The van der Waals surface area contributed by atoms with Crippen LogP contribution in [0.1, 0.15) is 5.56 Å². The number of carboxylic acids is 1. The van der Waals surface area contributed by atoms with Crippen molar-refractivity contribution < 1.29 is 19.7 Å². The van der Waals surface area contributed by atoms with Crippen LogP contribution in [0, 0.1) is 0 Å². The fourth-order valence-corrected chi connectivity index (χ4v) is 2.95. The summed E-state index contributed by atoms with van der Waals surface area (Å²) >= 11 is 0.830. The molecular formula is C16H17NO4S. The van der Waals surface area contributed by atoms with Gasteiger partial charge >= 0.3 is 5.97 Å². The molecule has 0 spiro atoms. The largest absolute Gasteiger partial charge is 0.497 e. The van der Waals surface area contributed by atoms with Crippen molar-refractivity contribution in [3.05, 3.63) is 54.1 Å². The lowest BCUT2D eigenvalue weighted by atomic mass is 10.1. The van der Waals surface area contributed by atoms with Gasteiger partial charge in [-0.25, -0.2) is 4.79 Å². The van der Waals surface area contributed by atoms with Crippen molar-refractivity contribution in [2.24, 2.45) is 0 Å². The maximum atomic E-state index is 11.5. The van der Waals surface area contributed by atoms with Gasteiger partial charge in [-0.1, -0.05) is 36.0 Å². The second-order valence-corrected chi connectivity index (χ2v) is 6.07. The Morgan fingerprint density at radius 2 is 1.86 bits per heavy atom. The summed E-state index contributed by atoms with van der Waals surface area (Å²) in [6, 6.07) is 13.7. The minimum absolute atomic E-state index is 0.0503. The molecule has 0 amide bonds. The first-order valence-electron chi connectivity index (χ1n) is 6.57. The fourth-order valence-electron chi connectivity index (χ4n) is 1.93. The van der Waals surface area contributed by atoms with E-state index in [0.717, 1.165) is 11.8 Å². The number of hydrogen-bond donors (Lipinski definition) is 3. The highest BCUT2D eigenvalue weighted by Crippen LogP contribution is 2.37. The quantitative estimate of drug-likeness (QED) is 0.430. The summed E-state index contributed by atoms with van der Waals surface area (Å²) in [5.41, 5.74) is 6.94. The maximum Gasteiger partial charge on any atom is 0.347 e. The van der Waals surface area contributed by atoms with E-state index in [1.54, 1.807) is 55.6 Å². The number of nitrogens with two attached hydrogens (primary N) is 1. The minimum Gasteiger partial charge on any atom is -0.497 e. The number of aliphatic hydroxyl groups is 1. The fraction of sp³-hybridized carbons (Fsp3) is 0.188.